The third-order valence-corrected chi connectivity index (χ3v) is 18.5. The maximum Gasteiger partial charge on any atom is 0.0713 e. The maximum atomic E-state index is 2.44. The lowest BCUT2D eigenvalue weighted by Gasteiger charge is -2.34. The van der Waals surface area contributed by atoms with E-state index in [0.29, 0.717) is 0 Å². The molecule has 15 rings (SSSR count). The highest BCUT2D eigenvalue weighted by atomic mass is 32.1. The molecule has 0 atom stereocenters. The monoisotopic (exact) mass is 988 g/mol. The summed E-state index contributed by atoms with van der Waals surface area (Å²) in [6.07, 6.45) is 8.94. The third kappa shape index (κ3) is 7.16. The minimum absolute atomic E-state index is 0.547. The van der Waals surface area contributed by atoms with Gasteiger partial charge in [-0.05, 0) is 150 Å². The molecule has 2 heteroatoms. The molecule has 0 N–H and O–H groups in total. The Morgan fingerprint density at radius 3 is 1.20 bits per heavy atom. The van der Waals surface area contributed by atoms with Crippen LogP contribution in [0.25, 0.3) is 113 Å². The van der Waals surface area contributed by atoms with Crippen LogP contribution in [-0.4, -0.2) is 0 Å². The number of thiophene rings is 2. The summed E-state index contributed by atoms with van der Waals surface area (Å²) in [5.74, 6) is 0. The van der Waals surface area contributed by atoms with Gasteiger partial charge in [0.15, 0.2) is 0 Å². The zero-order chi connectivity index (χ0) is 49.5. The molecule has 0 unspecified atom stereocenters. The number of benzene rings is 11. The van der Waals surface area contributed by atoms with E-state index in [1.807, 2.05) is 22.7 Å². The fourth-order valence-electron chi connectivity index (χ4n) is 12.5. The molecule has 2 aromatic heterocycles. The van der Waals surface area contributed by atoms with Gasteiger partial charge in [0.25, 0.3) is 0 Å². The van der Waals surface area contributed by atoms with Crippen LogP contribution in [0, 0.1) is 0 Å². The normalized spacial score (nSPS) is 13.6. The number of rotatable bonds is 8. The molecule has 2 aliphatic rings. The van der Waals surface area contributed by atoms with Gasteiger partial charge in [-0.3, -0.25) is 0 Å². The third-order valence-electron chi connectivity index (χ3n) is 16.1. The fraction of sp³-hybridized carbons (Fsp3) is 0.0411. The van der Waals surface area contributed by atoms with Crippen LogP contribution in [0.4, 0.5) is 0 Å². The molecule has 13 aromatic rings. The summed E-state index contributed by atoms with van der Waals surface area (Å²) in [5.41, 5.74) is 22.3. The molecule has 0 bridgehead atoms. The standard InChI is InChI=1S/C73H48S2/c1-5-17-47(18-6-1)53-33-39-69-63(41-53)65-45-55(49-21-9-3-10-22-49)43-61(71(65)74-69)51-29-35-57(36-30-51)73(67-27-15-13-25-59(67)60-26-14-16-28-68(60)73)58-37-31-52(32-38-58)62-44-56(50-23-11-4-12-24-50)46-66-64-42-54(48-19-7-2-8-20-48)34-40-70(64)75-72(62)66/h1-7,9-19,21-46H,8,20H2. The van der Waals surface area contributed by atoms with Gasteiger partial charge < -0.3 is 0 Å². The second-order valence-electron chi connectivity index (χ2n) is 20.2. The van der Waals surface area contributed by atoms with Crippen LogP contribution in [0.1, 0.15) is 40.7 Å². The van der Waals surface area contributed by atoms with Crippen molar-refractivity contribution >= 4 is 68.6 Å². The van der Waals surface area contributed by atoms with Gasteiger partial charge in [0, 0.05) is 51.5 Å². The SMILES string of the molecule is C1=CCCC(c2ccc3sc4c(-c5ccc(C6(c7ccc(-c8cc(-c9ccccc9)cc9c8sc8ccc(-c%10ccccc%10)cc89)cc7)c7ccccc7-c7ccccc76)cc5)cc(-c5ccccc5)cc4c3c2)=C1. The Morgan fingerprint density at radius 1 is 0.307 bits per heavy atom. The van der Waals surface area contributed by atoms with Gasteiger partial charge >= 0.3 is 0 Å². The molecular weight excluding hydrogens is 941 g/mol. The first-order chi connectivity index (χ1) is 37.2. The first-order valence-electron chi connectivity index (χ1n) is 26.1. The second kappa shape index (κ2) is 17.8. The summed E-state index contributed by atoms with van der Waals surface area (Å²) in [4.78, 5) is 0. The number of fused-ring (bicyclic) bond motifs is 9. The van der Waals surface area contributed by atoms with Gasteiger partial charge in [-0.25, -0.2) is 0 Å². The van der Waals surface area contributed by atoms with E-state index < -0.39 is 5.41 Å². The van der Waals surface area contributed by atoms with Crippen molar-refractivity contribution in [3.8, 4) is 66.8 Å². The van der Waals surface area contributed by atoms with Gasteiger partial charge in [-0.1, -0.05) is 218 Å². The molecule has 0 aliphatic heterocycles. The summed E-state index contributed by atoms with van der Waals surface area (Å²) in [7, 11) is 0. The van der Waals surface area contributed by atoms with Gasteiger partial charge in [-0.2, -0.15) is 0 Å². The minimum Gasteiger partial charge on any atom is -0.135 e. The van der Waals surface area contributed by atoms with Crippen molar-refractivity contribution in [1.82, 2.24) is 0 Å². The molecule has 0 saturated heterocycles. The molecule has 0 amide bonds. The van der Waals surface area contributed by atoms with E-state index in [9.17, 15) is 0 Å². The molecule has 0 spiro atoms. The lowest BCUT2D eigenvalue weighted by molar-refractivity contribution is 0.769. The summed E-state index contributed by atoms with van der Waals surface area (Å²) in [5, 5.41) is 5.24. The predicted molar refractivity (Wildman–Crippen MR) is 323 cm³/mol. The maximum absolute atomic E-state index is 2.44. The van der Waals surface area contributed by atoms with Gasteiger partial charge in [0.2, 0.25) is 0 Å². The average Bonchev–Trinajstić information content (AvgIpc) is 4.27. The Balaban J connectivity index is 0.895. The quantitative estimate of drug-likeness (QED) is 0.142. The average molecular weight is 989 g/mol. The van der Waals surface area contributed by atoms with Crippen molar-refractivity contribution in [2.24, 2.45) is 0 Å². The smallest absolute Gasteiger partial charge is 0.0713 e. The zero-order valence-electron chi connectivity index (χ0n) is 41.1. The lowest BCUT2D eigenvalue weighted by atomic mass is 9.67. The van der Waals surface area contributed by atoms with Crippen LogP contribution in [0.3, 0.4) is 0 Å². The minimum atomic E-state index is -0.547. The summed E-state index contributed by atoms with van der Waals surface area (Å²) in [6.45, 7) is 0. The molecular formula is C73H48S2. The fourth-order valence-corrected chi connectivity index (χ4v) is 14.9. The van der Waals surface area contributed by atoms with Crippen LogP contribution in [0.5, 0.6) is 0 Å². The first-order valence-corrected chi connectivity index (χ1v) is 27.7. The Bertz CT molecular complexity index is 4370. The Hall–Kier alpha value is -8.66. The summed E-state index contributed by atoms with van der Waals surface area (Å²) in [6, 6.07) is 93.7. The van der Waals surface area contributed by atoms with Crippen molar-refractivity contribution in [3.63, 3.8) is 0 Å². The van der Waals surface area contributed by atoms with Crippen LogP contribution < -0.4 is 0 Å². The van der Waals surface area contributed by atoms with E-state index >= 15 is 0 Å². The van der Waals surface area contributed by atoms with E-state index in [1.54, 1.807) is 0 Å². The lowest BCUT2D eigenvalue weighted by Crippen LogP contribution is -2.28. The van der Waals surface area contributed by atoms with E-state index in [1.165, 1.54) is 140 Å². The largest absolute Gasteiger partial charge is 0.135 e. The number of hydrogen-bond acceptors (Lipinski definition) is 2. The van der Waals surface area contributed by atoms with E-state index in [-0.39, 0.29) is 0 Å². The molecule has 352 valence electrons. The predicted octanol–water partition coefficient (Wildman–Crippen LogP) is 20.9. The molecule has 2 heterocycles. The van der Waals surface area contributed by atoms with Crippen molar-refractivity contribution in [2.75, 3.05) is 0 Å². The number of allylic oxidation sites excluding steroid dienone is 4. The summed E-state index contributed by atoms with van der Waals surface area (Å²) >= 11 is 3.82. The Labute approximate surface area is 445 Å². The van der Waals surface area contributed by atoms with Crippen LogP contribution in [-0.2, 0) is 5.41 Å². The van der Waals surface area contributed by atoms with Gasteiger partial charge in [0.05, 0.1) is 5.41 Å². The molecule has 0 saturated carbocycles. The van der Waals surface area contributed by atoms with Crippen LogP contribution in [0.15, 0.2) is 267 Å². The number of hydrogen-bond donors (Lipinski definition) is 0. The second-order valence-corrected chi connectivity index (χ2v) is 22.3. The molecule has 2 aliphatic carbocycles. The summed E-state index contributed by atoms with van der Waals surface area (Å²) < 4.78 is 5.26. The van der Waals surface area contributed by atoms with Gasteiger partial charge in [-0.15, -0.1) is 22.7 Å². The molecule has 75 heavy (non-hydrogen) atoms. The highest BCUT2D eigenvalue weighted by Crippen LogP contribution is 2.57. The molecule has 0 nitrogen and oxygen atoms in total. The van der Waals surface area contributed by atoms with Crippen molar-refractivity contribution < 1.29 is 0 Å². The topological polar surface area (TPSA) is 0 Å². The van der Waals surface area contributed by atoms with E-state index in [0.717, 1.165) is 12.8 Å². The molecule has 0 radical (unpaired) electrons. The highest BCUT2D eigenvalue weighted by molar-refractivity contribution is 7.26. The van der Waals surface area contributed by atoms with Crippen molar-refractivity contribution in [2.45, 2.75) is 18.3 Å². The van der Waals surface area contributed by atoms with E-state index in [2.05, 4.69) is 267 Å². The van der Waals surface area contributed by atoms with Gasteiger partial charge in [0.1, 0.15) is 0 Å². The van der Waals surface area contributed by atoms with Crippen LogP contribution in [0.2, 0.25) is 0 Å². The Kier molecular flexibility index (Phi) is 10.4. The highest BCUT2D eigenvalue weighted by Gasteiger charge is 2.46. The Morgan fingerprint density at radius 2 is 0.720 bits per heavy atom. The first kappa shape index (κ1) is 43.9. The zero-order valence-corrected chi connectivity index (χ0v) is 42.8. The van der Waals surface area contributed by atoms with Crippen LogP contribution >= 0.6 is 22.7 Å². The molecule has 0 fully saturated rings. The van der Waals surface area contributed by atoms with Crippen molar-refractivity contribution in [1.29, 1.82) is 0 Å². The van der Waals surface area contributed by atoms with E-state index in [4.69, 9.17) is 0 Å². The molecule has 11 aromatic carbocycles. The van der Waals surface area contributed by atoms with Crippen molar-refractivity contribution in [3.05, 3.63) is 295 Å².